The number of rotatable bonds is 6. The molecule has 0 bridgehead atoms. The number of nitrogens with one attached hydrogen (secondary N) is 1. The summed E-state index contributed by atoms with van der Waals surface area (Å²) in [5.74, 6) is -0.0876. The number of amides is 1. The van der Waals surface area contributed by atoms with Crippen LogP contribution in [-0.2, 0) is 9.53 Å². The van der Waals surface area contributed by atoms with Crippen molar-refractivity contribution in [3.63, 3.8) is 0 Å². The number of benzene rings is 2. The van der Waals surface area contributed by atoms with Gasteiger partial charge in [0.15, 0.2) is 5.16 Å². The molecule has 1 amide bonds. The largest absolute Gasteiger partial charge is 0.376 e. The molecule has 0 saturated carbocycles. The summed E-state index contributed by atoms with van der Waals surface area (Å²) in [7, 11) is 0. The van der Waals surface area contributed by atoms with Gasteiger partial charge in [0.05, 0.1) is 27.9 Å². The van der Waals surface area contributed by atoms with Crippen LogP contribution in [0.2, 0.25) is 0 Å². The summed E-state index contributed by atoms with van der Waals surface area (Å²) in [6.07, 6.45) is 2.10. The van der Waals surface area contributed by atoms with E-state index >= 15 is 0 Å². The van der Waals surface area contributed by atoms with E-state index in [1.807, 2.05) is 57.2 Å². The second-order valence-corrected chi connectivity index (χ2v) is 9.22. The number of aryl methyl sites for hydroxylation is 1. The second kappa shape index (κ2) is 9.24. The summed E-state index contributed by atoms with van der Waals surface area (Å²) >= 11 is 1.30. The number of carbonyl (C=O) groups is 1. The fraction of sp³-hybridized carbons (Fsp3) is 0.375. The molecule has 1 aliphatic rings. The minimum atomic E-state index is -0.411. The van der Waals surface area contributed by atoms with Crippen molar-refractivity contribution in [1.82, 2.24) is 14.9 Å². The molecule has 2 aromatic carbocycles. The van der Waals surface area contributed by atoms with Gasteiger partial charge in [-0.25, -0.2) is 4.98 Å². The van der Waals surface area contributed by atoms with Gasteiger partial charge in [0.25, 0.3) is 5.56 Å². The lowest BCUT2D eigenvalue weighted by molar-refractivity contribution is -0.120. The van der Waals surface area contributed by atoms with Crippen molar-refractivity contribution < 1.29 is 9.53 Å². The molecule has 162 valence electrons. The molecule has 6 nitrogen and oxygen atoms in total. The Labute approximate surface area is 186 Å². The van der Waals surface area contributed by atoms with Crippen LogP contribution in [0.5, 0.6) is 0 Å². The van der Waals surface area contributed by atoms with Gasteiger partial charge in [-0.2, -0.15) is 0 Å². The van der Waals surface area contributed by atoms with Crippen LogP contribution < -0.4 is 10.9 Å². The molecule has 1 aromatic heterocycles. The summed E-state index contributed by atoms with van der Waals surface area (Å²) in [6, 6.07) is 13.2. The van der Waals surface area contributed by atoms with E-state index in [0.717, 1.165) is 36.3 Å². The molecule has 2 unspecified atom stereocenters. The molecule has 2 heterocycles. The summed E-state index contributed by atoms with van der Waals surface area (Å²) in [5, 5.41) is 3.63. The van der Waals surface area contributed by atoms with E-state index in [1.54, 1.807) is 10.6 Å². The summed E-state index contributed by atoms with van der Waals surface area (Å²) in [4.78, 5) is 30.9. The molecule has 3 aromatic rings. The molecule has 4 rings (SSSR count). The fourth-order valence-corrected chi connectivity index (χ4v) is 4.70. The van der Waals surface area contributed by atoms with E-state index < -0.39 is 5.25 Å². The quantitative estimate of drug-likeness (QED) is 0.469. The Morgan fingerprint density at radius 1 is 1.26 bits per heavy atom. The Bertz CT molecular complexity index is 1170. The number of hydrogen-bond acceptors (Lipinski definition) is 5. The number of thioether (sulfide) groups is 1. The minimum absolute atomic E-state index is 0.0876. The molecule has 31 heavy (non-hydrogen) atoms. The maximum Gasteiger partial charge on any atom is 0.266 e. The average Bonchev–Trinajstić information content (AvgIpc) is 3.28. The molecule has 1 aliphatic heterocycles. The number of fused-ring (bicyclic) bond motifs is 1. The van der Waals surface area contributed by atoms with E-state index in [1.165, 1.54) is 11.8 Å². The first-order valence-corrected chi connectivity index (χ1v) is 11.5. The molecule has 7 heteroatoms. The van der Waals surface area contributed by atoms with E-state index in [4.69, 9.17) is 9.72 Å². The van der Waals surface area contributed by atoms with Crippen molar-refractivity contribution in [3.8, 4) is 5.69 Å². The first-order valence-electron chi connectivity index (χ1n) is 10.6. The molecule has 1 fully saturated rings. The predicted octanol–water partition coefficient (Wildman–Crippen LogP) is 3.78. The van der Waals surface area contributed by atoms with Crippen LogP contribution in [-0.4, -0.2) is 40.0 Å². The van der Waals surface area contributed by atoms with E-state index in [-0.39, 0.29) is 17.6 Å². The van der Waals surface area contributed by atoms with Gasteiger partial charge in [-0.15, -0.1) is 0 Å². The van der Waals surface area contributed by atoms with Crippen LogP contribution >= 0.6 is 11.8 Å². The summed E-state index contributed by atoms with van der Waals surface area (Å²) < 4.78 is 7.23. The smallest absolute Gasteiger partial charge is 0.266 e. The topological polar surface area (TPSA) is 73.2 Å². The zero-order valence-corrected chi connectivity index (χ0v) is 18.9. The van der Waals surface area contributed by atoms with Gasteiger partial charge in [0, 0.05) is 13.2 Å². The van der Waals surface area contributed by atoms with E-state index in [9.17, 15) is 9.59 Å². The minimum Gasteiger partial charge on any atom is -0.376 e. The van der Waals surface area contributed by atoms with Crippen LogP contribution in [0.1, 0.15) is 30.9 Å². The predicted molar refractivity (Wildman–Crippen MR) is 124 cm³/mol. The normalized spacial score (nSPS) is 17.1. The highest BCUT2D eigenvalue weighted by molar-refractivity contribution is 8.00. The van der Waals surface area contributed by atoms with Crippen LogP contribution in [0.15, 0.2) is 52.4 Å². The van der Waals surface area contributed by atoms with Crippen molar-refractivity contribution in [1.29, 1.82) is 0 Å². The zero-order valence-electron chi connectivity index (χ0n) is 18.1. The van der Waals surface area contributed by atoms with Gasteiger partial charge in [-0.3, -0.25) is 14.2 Å². The first-order chi connectivity index (χ1) is 15.0. The van der Waals surface area contributed by atoms with Gasteiger partial charge in [-0.1, -0.05) is 36.0 Å². The van der Waals surface area contributed by atoms with Crippen molar-refractivity contribution in [2.75, 3.05) is 13.2 Å². The Balaban J connectivity index is 1.69. The lowest BCUT2D eigenvalue weighted by atomic mass is 10.1. The third kappa shape index (κ3) is 4.52. The Kier molecular flexibility index (Phi) is 6.43. The Hall–Kier alpha value is -2.64. The SMILES string of the molecule is Cc1cccc(-n2c(SC(C)C(=O)NCC3CCCO3)nc3ccccc3c2=O)c1C. The second-order valence-electron chi connectivity index (χ2n) is 7.91. The molecule has 1 saturated heterocycles. The fourth-order valence-electron chi connectivity index (χ4n) is 3.76. The lowest BCUT2D eigenvalue weighted by Gasteiger charge is -2.19. The molecule has 2 atom stereocenters. The Morgan fingerprint density at radius 3 is 2.84 bits per heavy atom. The third-order valence-electron chi connectivity index (χ3n) is 5.74. The van der Waals surface area contributed by atoms with Crippen LogP contribution in [0.25, 0.3) is 16.6 Å². The van der Waals surface area contributed by atoms with Crippen LogP contribution in [0, 0.1) is 13.8 Å². The maximum absolute atomic E-state index is 13.5. The molecular weight excluding hydrogens is 410 g/mol. The summed E-state index contributed by atoms with van der Waals surface area (Å²) in [6.45, 7) is 7.13. The molecular formula is C24H27N3O3S. The lowest BCUT2D eigenvalue weighted by Crippen LogP contribution is -2.37. The number of aromatic nitrogens is 2. The van der Waals surface area contributed by atoms with E-state index in [2.05, 4.69) is 5.32 Å². The number of ether oxygens (including phenoxy) is 1. The van der Waals surface area contributed by atoms with Crippen molar-refractivity contribution in [2.24, 2.45) is 0 Å². The highest BCUT2D eigenvalue weighted by Crippen LogP contribution is 2.27. The zero-order chi connectivity index (χ0) is 22.0. The molecule has 1 N–H and O–H groups in total. The van der Waals surface area contributed by atoms with Gasteiger partial charge in [0.2, 0.25) is 5.91 Å². The number of hydrogen-bond donors (Lipinski definition) is 1. The monoisotopic (exact) mass is 437 g/mol. The van der Waals surface area contributed by atoms with Gasteiger partial charge >= 0.3 is 0 Å². The molecule has 0 aliphatic carbocycles. The number of para-hydroxylation sites is 1. The highest BCUT2D eigenvalue weighted by atomic mass is 32.2. The summed E-state index contributed by atoms with van der Waals surface area (Å²) in [5.41, 5.74) is 3.39. The van der Waals surface area contributed by atoms with Crippen LogP contribution in [0.4, 0.5) is 0 Å². The van der Waals surface area contributed by atoms with Crippen molar-refractivity contribution in [2.45, 2.75) is 50.1 Å². The Morgan fingerprint density at radius 2 is 2.06 bits per heavy atom. The molecule has 0 spiro atoms. The third-order valence-corrected chi connectivity index (χ3v) is 6.79. The number of carbonyl (C=O) groups excluding carboxylic acids is 1. The number of nitrogens with zero attached hydrogens (tertiary/aromatic N) is 2. The molecule has 0 radical (unpaired) electrons. The van der Waals surface area contributed by atoms with E-state index in [0.29, 0.717) is 22.6 Å². The van der Waals surface area contributed by atoms with Crippen molar-refractivity contribution >= 4 is 28.6 Å². The van der Waals surface area contributed by atoms with Crippen molar-refractivity contribution in [3.05, 3.63) is 63.9 Å². The average molecular weight is 438 g/mol. The van der Waals surface area contributed by atoms with Gasteiger partial charge in [0.1, 0.15) is 0 Å². The maximum atomic E-state index is 13.5. The van der Waals surface area contributed by atoms with Gasteiger partial charge < -0.3 is 10.1 Å². The standard InChI is InChI=1S/C24H27N3O3S/c1-15-8-6-12-21(16(15)2)27-23(29)19-10-4-5-11-20(19)26-24(27)31-17(3)22(28)25-14-18-9-7-13-30-18/h4-6,8,10-12,17-18H,7,9,13-14H2,1-3H3,(H,25,28). The van der Waals surface area contributed by atoms with Crippen LogP contribution in [0.3, 0.4) is 0 Å². The highest BCUT2D eigenvalue weighted by Gasteiger charge is 2.23. The first kappa shape index (κ1) is 21.6. The van der Waals surface area contributed by atoms with Gasteiger partial charge in [-0.05, 0) is 62.9 Å².